The highest BCUT2D eigenvalue weighted by Crippen LogP contribution is 2.29. The van der Waals surface area contributed by atoms with Gasteiger partial charge in [-0.3, -0.25) is 4.79 Å². The molecule has 3 N–H and O–H groups in total. The van der Waals surface area contributed by atoms with Crippen LogP contribution in [0, 0.1) is 5.92 Å². The Balaban J connectivity index is 1.75. The van der Waals surface area contributed by atoms with Crippen LogP contribution in [0.5, 0.6) is 0 Å². The third-order valence-corrected chi connectivity index (χ3v) is 6.19. The molecule has 1 aromatic carbocycles. The van der Waals surface area contributed by atoms with Crippen molar-refractivity contribution < 1.29 is 13.2 Å². The van der Waals surface area contributed by atoms with Crippen LogP contribution in [0.4, 0.5) is 5.69 Å². The van der Waals surface area contributed by atoms with Crippen molar-refractivity contribution in [3.05, 3.63) is 23.8 Å². The predicted molar refractivity (Wildman–Crippen MR) is 80.8 cm³/mol. The summed E-state index contributed by atoms with van der Waals surface area (Å²) in [5.74, 6) is 0.0381. The molecule has 2 aliphatic rings. The Hall–Kier alpha value is -1.40. The van der Waals surface area contributed by atoms with Gasteiger partial charge in [-0.05, 0) is 43.4 Å². The average molecular weight is 308 g/mol. The Morgan fingerprint density at radius 1 is 1.29 bits per heavy atom. The van der Waals surface area contributed by atoms with Crippen LogP contribution in [0.3, 0.4) is 0 Å². The summed E-state index contributed by atoms with van der Waals surface area (Å²) in [6.07, 6.45) is 4.06. The van der Waals surface area contributed by atoms with Gasteiger partial charge >= 0.3 is 0 Å². The highest BCUT2D eigenvalue weighted by molar-refractivity contribution is 7.91. The van der Waals surface area contributed by atoms with E-state index in [0.717, 1.165) is 24.8 Å². The van der Waals surface area contributed by atoms with Crippen LogP contribution in [0.1, 0.15) is 31.2 Å². The van der Waals surface area contributed by atoms with E-state index >= 15 is 0 Å². The molecule has 6 heteroatoms. The molecule has 3 rings (SSSR count). The number of amides is 1. The van der Waals surface area contributed by atoms with Crippen LogP contribution in [-0.2, 0) is 21.1 Å². The number of hydrogen-bond donors (Lipinski definition) is 2. The fourth-order valence-corrected chi connectivity index (χ4v) is 4.78. The van der Waals surface area contributed by atoms with E-state index in [4.69, 9.17) is 5.73 Å². The number of hydrogen-bond acceptors (Lipinski definition) is 4. The van der Waals surface area contributed by atoms with Crippen molar-refractivity contribution in [1.82, 2.24) is 0 Å². The topological polar surface area (TPSA) is 89.3 Å². The van der Waals surface area contributed by atoms with E-state index in [1.165, 1.54) is 0 Å². The van der Waals surface area contributed by atoms with Crippen molar-refractivity contribution in [1.29, 1.82) is 0 Å². The normalized spacial score (nSPS) is 27.1. The lowest BCUT2D eigenvalue weighted by Gasteiger charge is -2.25. The Kier molecular flexibility index (Phi) is 3.75. The minimum atomic E-state index is -3.17. The van der Waals surface area contributed by atoms with Crippen molar-refractivity contribution >= 4 is 21.4 Å². The third kappa shape index (κ3) is 2.96. The number of sulfone groups is 1. The molecule has 1 saturated carbocycles. The summed E-state index contributed by atoms with van der Waals surface area (Å²) in [5.41, 5.74) is 7.31. The molecule has 21 heavy (non-hydrogen) atoms. The van der Waals surface area contributed by atoms with E-state index in [1.807, 2.05) is 0 Å². The maximum Gasteiger partial charge on any atom is 0.227 e. The van der Waals surface area contributed by atoms with Gasteiger partial charge in [0.25, 0.3) is 0 Å². The van der Waals surface area contributed by atoms with Gasteiger partial charge in [0, 0.05) is 17.6 Å². The van der Waals surface area contributed by atoms with Crippen molar-refractivity contribution in [2.45, 2.75) is 43.0 Å². The first-order chi connectivity index (χ1) is 9.95. The largest absolute Gasteiger partial charge is 0.328 e. The van der Waals surface area contributed by atoms with Crippen LogP contribution in [0.2, 0.25) is 0 Å². The first-order valence-electron chi connectivity index (χ1n) is 7.38. The second kappa shape index (κ2) is 5.42. The van der Waals surface area contributed by atoms with Crippen LogP contribution in [-0.4, -0.2) is 26.1 Å². The van der Waals surface area contributed by atoms with Crippen LogP contribution < -0.4 is 11.1 Å². The number of rotatable bonds is 2. The van der Waals surface area contributed by atoms with Gasteiger partial charge in [0.15, 0.2) is 9.84 Å². The first kappa shape index (κ1) is 14.5. The summed E-state index contributed by atoms with van der Waals surface area (Å²) in [5, 5.41) is 2.84. The lowest BCUT2D eigenvalue weighted by atomic mass is 9.85. The van der Waals surface area contributed by atoms with Crippen molar-refractivity contribution in [2.24, 2.45) is 11.7 Å². The molecule has 2 unspecified atom stereocenters. The molecule has 1 fully saturated rings. The molecule has 0 bridgehead atoms. The van der Waals surface area contributed by atoms with Gasteiger partial charge < -0.3 is 11.1 Å². The van der Waals surface area contributed by atoms with Crippen LogP contribution in [0.25, 0.3) is 0 Å². The van der Waals surface area contributed by atoms with Gasteiger partial charge in [0.05, 0.1) is 10.6 Å². The van der Waals surface area contributed by atoms with E-state index in [9.17, 15) is 13.2 Å². The molecule has 0 saturated heterocycles. The summed E-state index contributed by atoms with van der Waals surface area (Å²) in [6, 6.07) is 5.25. The van der Waals surface area contributed by atoms with Crippen LogP contribution >= 0.6 is 0 Å². The van der Waals surface area contributed by atoms with Gasteiger partial charge in [-0.1, -0.05) is 12.5 Å². The number of nitrogens with one attached hydrogen (secondary N) is 1. The number of carbonyl (C=O) groups excluding carboxylic acids is 1. The minimum absolute atomic E-state index is 0.0551. The van der Waals surface area contributed by atoms with Crippen molar-refractivity contribution in [2.75, 3.05) is 11.1 Å². The van der Waals surface area contributed by atoms with Gasteiger partial charge in [-0.25, -0.2) is 8.42 Å². The molecule has 0 radical (unpaired) electrons. The lowest BCUT2D eigenvalue weighted by Crippen LogP contribution is -2.34. The summed E-state index contributed by atoms with van der Waals surface area (Å²) >= 11 is 0. The highest BCUT2D eigenvalue weighted by Gasteiger charge is 2.28. The number of fused-ring (bicyclic) bond motifs is 1. The number of benzene rings is 1. The standard InChI is InChI=1S/C15H20N2O3S/c16-12-3-1-2-11(8-12)15(18)17-13-5-4-10-6-7-21(19,20)14(10)9-13/h4-5,9,11-12H,1-3,6-8,16H2,(H,17,18). The second-order valence-electron chi connectivity index (χ2n) is 6.00. The zero-order valence-electron chi connectivity index (χ0n) is 11.8. The number of aryl methyl sites for hydroxylation is 1. The van der Waals surface area contributed by atoms with E-state index in [2.05, 4.69) is 5.32 Å². The maximum atomic E-state index is 12.3. The zero-order chi connectivity index (χ0) is 15.0. The Bertz CT molecular complexity index is 669. The van der Waals surface area contributed by atoms with Gasteiger partial charge in [0.2, 0.25) is 5.91 Å². The second-order valence-corrected chi connectivity index (χ2v) is 8.08. The molecule has 1 amide bonds. The van der Waals surface area contributed by atoms with Crippen LogP contribution in [0.15, 0.2) is 23.1 Å². The first-order valence-corrected chi connectivity index (χ1v) is 9.03. The summed E-state index contributed by atoms with van der Waals surface area (Å²) < 4.78 is 23.8. The van der Waals surface area contributed by atoms with E-state index < -0.39 is 9.84 Å². The molecule has 2 atom stereocenters. The minimum Gasteiger partial charge on any atom is -0.328 e. The smallest absolute Gasteiger partial charge is 0.227 e. The zero-order valence-corrected chi connectivity index (χ0v) is 12.7. The highest BCUT2D eigenvalue weighted by atomic mass is 32.2. The third-order valence-electron chi connectivity index (χ3n) is 4.40. The number of anilines is 1. The Labute approximate surface area is 124 Å². The molecule has 1 aliphatic heterocycles. The fraction of sp³-hybridized carbons (Fsp3) is 0.533. The van der Waals surface area contributed by atoms with Gasteiger partial charge in [-0.2, -0.15) is 0 Å². The van der Waals surface area contributed by atoms with E-state index in [0.29, 0.717) is 23.4 Å². The Morgan fingerprint density at radius 2 is 2.10 bits per heavy atom. The molecule has 1 aliphatic carbocycles. The number of carbonyl (C=O) groups is 1. The Morgan fingerprint density at radius 3 is 2.86 bits per heavy atom. The molecule has 1 heterocycles. The molecule has 0 aromatic heterocycles. The summed E-state index contributed by atoms with van der Waals surface area (Å²) in [7, 11) is -3.17. The molecule has 0 spiro atoms. The van der Waals surface area contributed by atoms with Gasteiger partial charge in [-0.15, -0.1) is 0 Å². The fourth-order valence-electron chi connectivity index (χ4n) is 3.19. The maximum absolute atomic E-state index is 12.3. The van der Waals surface area contributed by atoms with Crippen molar-refractivity contribution in [3.8, 4) is 0 Å². The molecular formula is C15H20N2O3S. The van der Waals surface area contributed by atoms with Crippen molar-refractivity contribution in [3.63, 3.8) is 0 Å². The van der Waals surface area contributed by atoms with E-state index in [1.54, 1.807) is 18.2 Å². The molecule has 1 aromatic rings. The lowest BCUT2D eigenvalue weighted by molar-refractivity contribution is -0.120. The predicted octanol–water partition coefficient (Wildman–Crippen LogP) is 1.47. The van der Waals surface area contributed by atoms with Gasteiger partial charge in [0.1, 0.15) is 0 Å². The molecule has 5 nitrogen and oxygen atoms in total. The average Bonchev–Trinajstić information content (AvgIpc) is 2.74. The monoisotopic (exact) mass is 308 g/mol. The summed E-state index contributed by atoms with van der Waals surface area (Å²) in [6.45, 7) is 0. The quantitative estimate of drug-likeness (QED) is 0.866. The molecule has 114 valence electrons. The van der Waals surface area contributed by atoms with E-state index in [-0.39, 0.29) is 23.6 Å². The molecular weight excluding hydrogens is 288 g/mol. The SMILES string of the molecule is NC1CCCC(C(=O)Nc2ccc3c(c2)S(=O)(=O)CC3)C1. The number of nitrogens with two attached hydrogens (primary N) is 1. The summed E-state index contributed by atoms with van der Waals surface area (Å²) in [4.78, 5) is 12.6.